The quantitative estimate of drug-likeness (QED) is 0.773. The molecule has 0 atom stereocenters. The van der Waals surface area contributed by atoms with Crippen molar-refractivity contribution in [2.75, 3.05) is 24.7 Å². The number of nitrogens with zero attached hydrogens (tertiary/aromatic N) is 1. The van der Waals surface area contributed by atoms with E-state index in [1.807, 2.05) is 6.92 Å². The van der Waals surface area contributed by atoms with E-state index in [9.17, 15) is 18.0 Å². The second-order valence-corrected chi connectivity index (χ2v) is 6.76. The Bertz CT molecular complexity index is 626. The zero-order valence-corrected chi connectivity index (χ0v) is 13.2. The van der Waals surface area contributed by atoms with Crippen LogP contribution in [-0.4, -0.2) is 43.8 Å². The Morgan fingerprint density at radius 2 is 1.95 bits per heavy atom. The predicted molar refractivity (Wildman–Crippen MR) is 81.8 cm³/mol. The molecule has 0 heterocycles. The van der Waals surface area contributed by atoms with E-state index in [-0.39, 0.29) is 12.3 Å². The molecule has 6 nitrogen and oxygen atoms in total. The number of benzene rings is 1. The summed E-state index contributed by atoms with van der Waals surface area (Å²) >= 11 is 0. The highest BCUT2D eigenvalue weighted by molar-refractivity contribution is 7.88. The summed E-state index contributed by atoms with van der Waals surface area (Å²) in [4.78, 5) is 23.2. The summed E-state index contributed by atoms with van der Waals surface area (Å²) < 4.78 is 24.2. The molecule has 0 aromatic heterocycles. The molecule has 116 valence electrons. The van der Waals surface area contributed by atoms with Crippen molar-refractivity contribution < 1.29 is 18.0 Å². The third-order valence-electron chi connectivity index (χ3n) is 2.81. The van der Waals surface area contributed by atoms with E-state index in [4.69, 9.17) is 0 Å². The van der Waals surface area contributed by atoms with Gasteiger partial charge in [0, 0.05) is 17.8 Å². The van der Waals surface area contributed by atoms with Gasteiger partial charge in [0.15, 0.2) is 5.78 Å². The van der Waals surface area contributed by atoms with Crippen LogP contribution in [0.25, 0.3) is 0 Å². The zero-order valence-electron chi connectivity index (χ0n) is 12.4. The summed E-state index contributed by atoms with van der Waals surface area (Å²) in [5.41, 5.74) is 0.957. The second kappa shape index (κ2) is 7.33. The van der Waals surface area contributed by atoms with Crippen LogP contribution in [0.15, 0.2) is 24.3 Å². The number of carbonyl (C=O) groups excluding carboxylic acids is 2. The number of rotatable bonds is 7. The van der Waals surface area contributed by atoms with Gasteiger partial charge in [-0.3, -0.25) is 9.59 Å². The lowest BCUT2D eigenvalue weighted by Crippen LogP contribution is -2.37. The number of nitrogens with one attached hydrogen (secondary N) is 1. The molecule has 1 rings (SSSR count). The van der Waals surface area contributed by atoms with Crippen molar-refractivity contribution in [3.63, 3.8) is 0 Å². The van der Waals surface area contributed by atoms with E-state index in [1.165, 1.54) is 6.92 Å². The van der Waals surface area contributed by atoms with Gasteiger partial charge in [0.25, 0.3) is 0 Å². The van der Waals surface area contributed by atoms with Crippen LogP contribution in [-0.2, 0) is 14.8 Å². The molecule has 0 unspecified atom stereocenters. The van der Waals surface area contributed by atoms with Gasteiger partial charge in [0.2, 0.25) is 15.9 Å². The lowest BCUT2D eigenvalue weighted by Gasteiger charge is -2.18. The van der Waals surface area contributed by atoms with Crippen molar-refractivity contribution in [3.05, 3.63) is 29.8 Å². The van der Waals surface area contributed by atoms with Crippen molar-refractivity contribution in [2.45, 2.75) is 20.3 Å². The molecule has 7 heteroatoms. The summed E-state index contributed by atoms with van der Waals surface area (Å²) in [6, 6.07) is 6.52. The Kier molecular flexibility index (Phi) is 6.04. The van der Waals surface area contributed by atoms with Crippen LogP contribution in [0.3, 0.4) is 0 Å². The van der Waals surface area contributed by atoms with Gasteiger partial charge in [-0.25, -0.2) is 8.42 Å². The van der Waals surface area contributed by atoms with Crippen molar-refractivity contribution in [3.8, 4) is 0 Å². The van der Waals surface area contributed by atoms with Crippen LogP contribution in [0, 0.1) is 0 Å². The zero-order chi connectivity index (χ0) is 16.0. The SMILES string of the molecule is CCCN(CC(=O)Nc1cccc(C(C)=O)c1)S(C)(=O)=O. The minimum absolute atomic E-state index is 0.102. The first-order valence-corrected chi connectivity index (χ1v) is 8.45. The van der Waals surface area contributed by atoms with E-state index in [0.29, 0.717) is 24.2 Å². The van der Waals surface area contributed by atoms with Crippen LogP contribution < -0.4 is 5.32 Å². The van der Waals surface area contributed by atoms with E-state index < -0.39 is 15.9 Å². The number of amides is 1. The van der Waals surface area contributed by atoms with E-state index >= 15 is 0 Å². The molecular formula is C14H20N2O4S. The number of Topliss-reactive ketones (excluding diaryl/α,β-unsaturated/α-hetero) is 1. The molecule has 0 saturated carbocycles. The first-order valence-electron chi connectivity index (χ1n) is 6.60. The molecule has 0 aliphatic rings. The number of hydrogen-bond donors (Lipinski definition) is 1. The van der Waals surface area contributed by atoms with Crippen LogP contribution >= 0.6 is 0 Å². The molecule has 1 aromatic rings. The monoisotopic (exact) mass is 312 g/mol. The Labute approximate surface area is 125 Å². The fourth-order valence-electron chi connectivity index (χ4n) is 1.79. The topological polar surface area (TPSA) is 83.6 Å². The van der Waals surface area contributed by atoms with Gasteiger partial charge in [-0.1, -0.05) is 19.1 Å². The number of anilines is 1. The summed E-state index contributed by atoms with van der Waals surface area (Å²) in [5, 5.41) is 2.60. The third kappa shape index (κ3) is 5.65. The van der Waals surface area contributed by atoms with Gasteiger partial charge < -0.3 is 5.32 Å². The molecule has 0 spiro atoms. The van der Waals surface area contributed by atoms with Crippen LogP contribution in [0.5, 0.6) is 0 Å². The first-order chi connectivity index (χ1) is 9.74. The Hall–Kier alpha value is -1.73. The third-order valence-corrected chi connectivity index (χ3v) is 4.06. The average Bonchev–Trinajstić information content (AvgIpc) is 2.37. The second-order valence-electron chi connectivity index (χ2n) is 4.78. The standard InChI is InChI=1S/C14H20N2O4S/c1-4-8-16(21(3,19)20)10-14(18)15-13-7-5-6-12(9-13)11(2)17/h5-7,9H,4,8,10H2,1-3H3,(H,15,18). The van der Waals surface area contributed by atoms with Gasteiger partial charge in [-0.15, -0.1) is 0 Å². The van der Waals surface area contributed by atoms with Gasteiger partial charge in [-0.05, 0) is 25.5 Å². The number of hydrogen-bond acceptors (Lipinski definition) is 4. The minimum atomic E-state index is -3.42. The molecule has 1 amide bonds. The summed E-state index contributed by atoms with van der Waals surface area (Å²) in [7, 11) is -3.42. The molecule has 0 bridgehead atoms. The highest BCUT2D eigenvalue weighted by atomic mass is 32.2. The molecule has 0 fully saturated rings. The maximum atomic E-state index is 11.9. The minimum Gasteiger partial charge on any atom is -0.325 e. The van der Waals surface area contributed by atoms with Crippen molar-refractivity contribution in [2.24, 2.45) is 0 Å². The number of carbonyl (C=O) groups is 2. The molecule has 0 aliphatic carbocycles. The number of sulfonamides is 1. The molecular weight excluding hydrogens is 292 g/mol. The lowest BCUT2D eigenvalue weighted by molar-refractivity contribution is -0.116. The molecule has 0 aliphatic heterocycles. The Morgan fingerprint density at radius 3 is 2.48 bits per heavy atom. The van der Waals surface area contributed by atoms with E-state index in [1.54, 1.807) is 24.3 Å². The smallest absolute Gasteiger partial charge is 0.239 e. The Morgan fingerprint density at radius 1 is 1.29 bits per heavy atom. The molecule has 0 radical (unpaired) electrons. The van der Waals surface area contributed by atoms with Gasteiger partial charge in [0.1, 0.15) is 0 Å². The first kappa shape index (κ1) is 17.3. The highest BCUT2D eigenvalue weighted by Gasteiger charge is 2.19. The molecule has 21 heavy (non-hydrogen) atoms. The largest absolute Gasteiger partial charge is 0.325 e. The predicted octanol–water partition coefficient (Wildman–Crippen LogP) is 1.50. The lowest BCUT2D eigenvalue weighted by atomic mass is 10.1. The average molecular weight is 312 g/mol. The van der Waals surface area contributed by atoms with Crippen molar-refractivity contribution in [1.29, 1.82) is 0 Å². The maximum absolute atomic E-state index is 11.9. The van der Waals surface area contributed by atoms with E-state index in [0.717, 1.165) is 10.6 Å². The fraction of sp³-hybridized carbons (Fsp3) is 0.429. The number of ketones is 1. The summed E-state index contributed by atoms with van der Waals surface area (Å²) in [6.07, 6.45) is 1.70. The summed E-state index contributed by atoms with van der Waals surface area (Å²) in [6.45, 7) is 3.33. The van der Waals surface area contributed by atoms with Crippen molar-refractivity contribution >= 4 is 27.4 Å². The van der Waals surface area contributed by atoms with Crippen LogP contribution in [0.1, 0.15) is 30.6 Å². The fourth-order valence-corrected chi connectivity index (χ4v) is 2.65. The highest BCUT2D eigenvalue weighted by Crippen LogP contribution is 2.11. The molecule has 1 N–H and O–H groups in total. The van der Waals surface area contributed by atoms with Crippen molar-refractivity contribution in [1.82, 2.24) is 4.31 Å². The van der Waals surface area contributed by atoms with Crippen LogP contribution in [0.4, 0.5) is 5.69 Å². The van der Waals surface area contributed by atoms with E-state index in [2.05, 4.69) is 5.32 Å². The van der Waals surface area contributed by atoms with Gasteiger partial charge >= 0.3 is 0 Å². The van der Waals surface area contributed by atoms with Crippen LogP contribution in [0.2, 0.25) is 0 Å². The maximum Gasteiger partial charge on any atom is 0.239 e. The molecule has 1 aromatic carbocycles. The van der Waals surface area contributed by atoms with Gasteiger partial charge in [-0.2, -0.15) is 4.31 Å². The molecule has 0 saturated heterocycles. The normalized spacial score (nSPS) is 11.4. The summed E-state index contributed by atoms with van der Waals surface area (Å²) in [5.74, 6) is -0.538. The van der Waals surface area contributed by atoms with Gasteiger partial charge in [0.05, 0.1) is 12.8 Å². The Balaban J connectivity index is 2.77.